The largest absolute Gasteiger partial charge is 0.354 e. The van der Waals surface area contributed by atoms with Crippen molar-refractivity contribution < 1.29 is 9.59 Å². The van der Waals surface area contributed by atoms with Gasteiger partial charge in [0.2, 0.25) is 11.8 Å². The summed E-state index contributed by atoms with van der Waals surface area (Å²) in [7, 11) is 0. The summed E-state index contributed by atoms with van der Waals surface area (Å²) in [5, 5.41) is 3.80. The summed E-state index contributed by atoms with van der Waals surface area (Å²) in [4.78, 5) is 27.3. The van der Waals surface area contributed by atoms with Crippen LogP contribution in [0.2, 0.25) is 10.0 Å². The summed E-state index contributed by atoms with van der Waals surface area (Å²) in [6.45, 7) is 6.71. The number of rotatable bonds is 9. The molecule has 2 rings (SSSR count). The minimum Gasteiger partial charge on any atom is -0.354 e. The van der Waals surface area contributed by atoms with Crippen molar-refractivity contribution in [3.63, 3.8) is 0 Å². The van der Waals surface area contributed by atoms with Gasteiger partial charge in [-0.25, -0.2) is 0 Å². The van der Waals surface area contributed by atoms with E-state index in [1.807, 2.05) is 37.3 Å². The molecule has 0 fully saturated rings. The fourth-order valence-corrected chi connectivity index (χ4v) is 3.26. The Hall–Kier alpha value is -2.04. The molecule has 156 valence electrons. The van der Waals surface area contributed by atoms with Gasteiger partial charge in [-0.1, -0.05) is 72.4 Å². The fourth-order valence-electron chi connectivity index (χ4n) is 2.94. The van der Waals surface area contributed by atoms with Gasteiger partial charge in [-0.15, -0.1) is 0 Å². The van der Waals surface area contributed by atoms with Gasteiger partial charge in [0.1, 0.15) is 6.04 Å². The van der Waals surface area contributed by atoms with Gasteiger partial charge < -0.3 is 10.2 Å². The van der Waals surface area contributed by atoms with Crippen LogP contribution in [0.1, 0.15) is 43.4 Å². The summed E-state index contributed by atoms with van der Waals surface area (Å²) in [6.07, 6.45) is 2.13. The van der Waals surface area contributed by atoms with Crippen LogP contribution in [0.4, 0.5) is 0 Å². The first-order chi connectivity index (χ1) is 13.8. The highest BCUT2D eigenvalue weighted by Crippen LogP contribution is 2.24. The minimum absolute atomic E-state index is 0.113. The molecular formula is C23H28Cl2N2O2. The van der Waals surface area contributed by atoms with Gasteiger partial charge >= 0.3 is 0 Å². The molecule has 1 N–H and O–H groups in total. The molecule has 0 saturated heterocycles. The first kappa shape index (κ1) is 23.2. The highest BCUT2D eigenvalue weighted by molar-refractivity contribution is 6.42. The molecule has 29 heavy (non-hydrogen) atoms. The van der Waals surface area contributed by atoms with Gasteiger partial charge in [0.25, 0.3) is 0 Å². The van der Waals surface area contributed by atoms with Gasteiger partial charge in [-0.2, -0.15) is 0 Å². The normalized spacial score (nSPS) is 11.8. The zero-order valence-corrected chi connectivity index (χ0v) is 18.7. The summed E-state index contributed by atoms with van der Waals surface area (Å²) in [6, 6.07) is 12.5. The van der Waals surface area contributed by atoms with Crippen LogP contribution in [0.3, 0.4) is 0 Å². The molecule has 0 aliphatic carbocycles. The monoisotopic (exact) mass is 434 g/mol. The van der Waals surface area contributed by atoms with Crippen molar-refractivity contribution in [1.82, 2.24) is 10.2 Å². The topological polar surface area (TPSA) is 49.4 Å². The zero-order chi connectivity index (χ0) is 21.4. The first-order valence-corrected chi connectivity index (χ1v) is 10.6. The third-order valence-corrected chi connectivity index (χ3v) is 5.55. The van der Waals surface area contributed by atoms with E-state index in [2.05, 4.69) is 12.2 Å². The zero-order valence-electron chi connectivity index (χ0n) is 17.2. The van der Waals surface area contributed by atoms with E-state index < -0.39 is 6.04 Å². The third-order valence-electron chi connectivity index (χ3n) is 4.81. The van der Waals surface area contributed by atoms with Gasteiger partial charge in [0.15, 0.2) is 0 Å². The minimum atomic E-state index is -0.598. The molecule has 0 unspecified atom stereocenters. The Morgan fingerprint density at radius 2 is 1.69 bits per heavy atom. The second kappa shape index (κ2) is 11.2. The van der Waals surface area contributed by atoms with Crippen molar-refractivity contribution in [2.24, 2.45) is 0 Å². The maximum Gasteiger partial charge on any atom is 0.242 e. The van der Waals surface area contributed by atoms with E-state index in [9.17, 15) is 9.59 Å². The van der Waals surface area contributed by atoms with E-state index in [4.69, 9.17) is 23.2 Å². The molecule has 0 aromatic heterocycles. The van der Waals surface area contributed by atoms with Crippen molar-refractivity contribution in [2.75, 3.05) is 6.54 Å². The molecule has 0 saturated carbocycles. The Morgan fingerprint density at radius 1 is 1.03 bits per heavy atom. The lowest BCUT2D eigenvalue weighted by molar-refractivity contribution is -0.140. The molecule has 2 amide bonds. The number of carbonyl (C=O) groups excluding carboxylic acids is 2. The summed E-state index contributed by atoms with van der Waals surface area (Å²) < 4.78 is 0. The predicted octanol–water partition coefficient (Wildman–Crippen LogP) is 5.18. The number of halogens is 2. The Kier molecular flexibility index (Phi) is 8.99. The highest BCUT2D eigenvalue weighted by Gasteiger charge is 2.26. The van der Waals surface area contributed by atoms with E-state index >= 15 is 0 Å². The van der Waals surface area contributed by atoms with Crippen LogP contribution in [0, 0.1) is 6.92 Å². The molecule has 2 aromatic rings. The smallest absolute Gasteiger partial charge is 0.242 e. The van der Waals surface area contributed by atoms with Crippen LogP contribution < -0.4 is 5.32 Å². The van der Waals surface area contributed by atoms with Crippen molar-refractivity contribution >= 4 is 35.0 Å². The van der Waals surface area contributed by atoms with Gasteiger partial charge in [-0.3, -0.25) is 9.59 Å². The Balaban J connectivity index is 2.20. The molecule has 4 nitrogen and oxygen atoms in total. The fraction of sp³-hybridized carbons (Fsp3) is 0.391. The molecule has 0 aliphatic heterocycles. The van der Waals surface area contributed by atoms with E-state index in [1.54, 1.807) is 24.0 Å². The quantitative estimate of drug-likeness (QED) is 0.552. The van der Waals surface area contributed by atoms with Crippen LogP contribution >= 0.6 is 23.2 Å². The lowest BCUT2D eigenvalue weighted by Gasteiger charge is -2.29. The molecule has 6 heteroatoms. The number of carbonyl (C=O) groups is 2. The maximum atomic E-state index is 13.1. The molecule has 0 aliphatic rings. The van der Waals surface area contributed by atoms with Crippen molar-refractivity contribution in [3.05, 3.63) is 69.2 Å². The van der Waals surface area contributed by atoms with E-state index in [1.165, 1.54) is 0 Å². The number of hydrogen-bond donors (Lipinski definition) is 1. The SMILES string of the molecule is CCCCNC(=O)[C@H](C)N(Cc1ccc(Cl)c(Cl)c1)C(=O)Cc1ccc(C)cc1. The van der Waals surface area contributed by atoms with Crippen LogP contribution in [0.15, 0.2) is 42.5 Å². The number of unbranched alkanes of at least 4 members (excludes halogenated alkanes) is 1. The van der Waals surface area contributed by atoms with Crippen LogP contribution in [-0.4, -0.2) is 29.3 Å². The second-order valence-corrected chi connectivity index (χ2v) is 8.07. The molecule has 0 bridgehead atoms. The van der Waals surface area contributed by atoms with Crippen LogP contribution in [0.5, 0.6) is 0 Å². The van der Waals surface area contributed by atoms with Crippen molar-refractivity contribution in [1.29, 1.82) is 0 Å². The number of nitrogens with one attached hydrogen (secondary N) is 1. The van der Waals surface area contributed by atoms with E-state index in [0.29, 0.717) is 16.6 Å². The summed E-state index contributed by atoms with van der Waals surface area (Å²) in [5.41, 5.74) is 2.88. The number of amides is 2. The van der Waals surface area contributed by atoms with Gasteiger partial charge in [0.05, 0.1) is 16.5 Å². The van der Waals surface area contributed by atoms with Gasteiger partial charge in [-0.05, 0) is 43.5 Å². The third kappa shape index (κ3) is 7.06. The molecule has 0 radical (unpaired) electrons. The van der Waals surface area contributed by atoms with Crippen molar-refractivity contribution in [3.8, 4) is 0 Å². The second-order valence-electron chi connectivity index (χ2n) is 7.25. The van der Waals surface area contributed by atoms with Crippen LogP contribution in [-0.2, 0) is 22.6 Å². The van der Waals surface area contributed by atoms with E-state index in [0.717, 1.165) is 29.5 Å². The standard InChI is InChI=1S/C23H28Cl2N2O2/c1-4-5-12-26-23(29)17(3)27(15-19-10-11-20(24)21(25)13-19)22(28)14-18-8-6-16(2)7-9-18/h6-11,13,17H,4-5,12,14-15H2,1-3H3,(H,26,29)/t17-/m0/s1. The lowest BCUT2D eigenvalue weighted by Crippen LogP contribution is -2.48. The molecule has 0 spiro atoms. The lowest BCUT2D eigenvalue weighted by atomic mass is 10.1. The molecule has 2 aromatic carbocycles. The number of benzene rings is 2. The summed E-state index contributed by atoms with van der Waals surface area (Å²) >= 11 is 12.1. The number of aryl methyl sites for hydroxylation is 1. The molecule has 1 atom stereocenters. The first-order valence-electron chi connectivity index (χ1n) is 9.88. The van der Waals surface area contributed by atoms with Crippen LogP contribution in [0.25, 0.3) is 0 Å². The van der Waals surface area contributed by atoms with E-state index in [-0.39, 0.29) is 24.8 Å². The Labute approximate surface area is 183 Å². The molecule has 0 heterocycles. The maximum absolute atomic E-state index is 13.1. The van der Waals surface area contributed by atoms with Crippen molar-refractivity contribution in [2.45, 2.75) is 52.6 Å². The average molecular weight is 435 g/mol. The molecular weight excluding hydrogens is 407 g/mol. The summed E-state index contributed by atoms with van der Waals surface area (Å²) in [5.74, 6) is -0.270. The number of hydrogen-bond acceptors (Lipinski definition) is 2. The average Bonchev–Trinajstić information content (AvgIpc) is 2.70. The number of nitrogens with zero attached hydrogens (tertiary/aromatic N) is 1. The highest BCUT2D eigenvalue weighted by atomic mass is 35.5. The Morgan fingerprint density at radius 3 is 2.31 bits per heavy atom. The Bertz CT molecular complexity index is 837. The predicted molar refractivity (Wildman–Crippen MR) is 119 cm³/mol. The van der Waals surface area contributed by atoms with Gasteiger partial charge in [0, 0.05) is 13.1 Å².